The minimum Gasteiger partial charge on any atom is -0.449 e. The summed E-state index contributed by atoms with van der Waals surface area (Å²) >= 11 is 0. The number of esters is 1. The first-order chi connectivity index (χ1) is 13.3. The van der Waals surface area contributed by atoms with E-state index in [-0.39, 0.29) is 28.3 Å². The van der Waals surface area contributed by atoms with Crippen molar-refractivity contribution in [3.63, 3.8) is 0 Å². The number of nitrogens with one attached hydrogen (secondary N) is 1. The van der Waals surface area contributed by atoms with Crippen molar-refractivity contribution >= 4 is 17.6 Å². The van der Waals surface area contributed by atoms with Crippen LogP contribution in [0.1, 0.15) is 61.4 Å². The van der Waals surface area contributed by atoms with Gasteiger partial charge in [-0.15, -0.1) is 0 Å². The van der Waals surface area contributed by atoms with Gasteiger partial charge in [0, 0.05) is 17.2 Å². The number of nitrogens with zero attached hydrogens (tertiary/aromatic N) is 1. The van der Waals surface area contributed by atoms with Gasteiger partial charge in [0.05, 0.1) is 10.5 Å². The van der Waals surface area contributed by atoms with Crippen molar-refractivity contribution in [3.05, 3.63) is 39.4 Å². The van der Waals surface area contributed by atoms with Gasteiger partial charge in [-0.2, -0.15) is 0 Å². The van der Waals surface area contributed by atoms with Crippen molar-refractivity contribution in [2.75, 3.05) is 0 Å². The average molecular weight is 386 g/mol. The molecule has 4 saturated carbocycles. The fraction of sp³-hybridized carbons (Fsp3) is 0.619. The van der Waals surface area contributed by atoms with Crippen LogP contribution < -0.4 is 5.32 Å². The van der Waals surface area contributed by atoms with E-state index in [0.717, 1.165) is 19.3 Å². The summed E-state index contributed by atoms with van der Waals surface area (Å²) in [5.41, 5.74) is 0.0727. The van der Waals surface area contributed by atoms with Crippen LogP contribution in [-0.2, 0) is 9.53 Å². The molecule has 1 atom stereocenters. The van der Waals surface area contributed by atoms with E-state index in [9.17, 15) is 19.7 Å². The van der Waals surface area contributed by atoms with Crippen LogP contribution in [0.2, 0.25) is 0 Å². The number of ether oxygens (including phenoxy) is 1. The second-order valence-corrected chi connectivity index (χ2v) is 8.94. The van der Waals surface area contributed by atoms with Gasteiger partial charge in [0.25, 0.3) is 11.6 Å². The maximum Gasteiger partial charge on any atom is 0.339 e. The van der Waals surface area contributed by atoms with Crippen molar-refractivity contribution in [1.82, 2.24) is 5.32 Å². The molecule has 7 heteroatoms. The van der Waals surface area contributed by atoms with Gasteiger partial charge >= 0.3 is 5.97 Å². The van der Waals surface area contributed by atoms with Crippen LogP contribution >= 0.6 is 0 Å². The standard InChI is InChI=1S/C21H26N2O5/c1-12-17(4-3-5-18(12)23(26)27)20(25)28-13(2)19(24)22-21-9-14-6-15(10-21)8-16(7-14)11-21/h3-5,13-16H,6-11H2,1-2H3,(H,22,24)/t13-,14?,15?,16?,21?/m1/s1. The van der Waals surface area contributed by atoms with E-state index in [4.69, 9.17) is 4.74 Å². The van der Waals surface area contributed by atoms with Gasteiger partial charge in [-0.05, 0) is 76.2 Å². The van der Waals surface area contributed by atoms with Crippen LogP contribution in [0.4, 0.5) is 5.69 Å². The van der Waals surface area contributed by atoms with E-state index in [2.05, 4.69) is 5.32 Å². The molecular weight excluding hydrogens is 360 g/mol. The van der Waals surface area contributed by atoms with Gasteiger partial charge in [0.15, 0.2) is 6.10 Å². The Hall–Kier alpha value is -2.44. The van der Waals surface area contributed by atoms with Gasteiger partial charge < -0.3 is 10.1 Å². The summed E-state index contributed by atoms with van der Waals surface area (Å²) in [5.74, 6) is 1.12. The fourth-order valence-electron chi connectivity index (χ4n) is 5.95. The number of hydrogen-bond donors (Lipinski definition) is 1. The molecule has 0 unspecified atom stereocenters. The summed E-state index contributed by atoms with van der Waals surface area (Å²) in [6.07, 6.45) is 5.97. The Labute approximate surface area is 164 Å². The third-order valence-electron chi connectivity index (χ3n) is 6.80. The third-order valence-corrected chi connectivity index (χ3v) is 6.80. The van der Waals surface area contributed by atoms with Crippen LogP contribution in [0.25, 0.3) is 0 Å². The van der Waals surface area contributed by atoms with Gasteiger partial charge in [0.2, 0.25) is 0 Å². The SMILES string of the molecule is Cc1c(C(=O)O[C@H](C)C(=O)NC23CC4CC(CC(C4)C2)C3)cccc1[N+](=O)[O-]. The van der Waals surface area contributed by atoms with E-state index in [0.29, 0.717) is 17.8 Å². The minimum atomic E-state index is -0.945. The summed E-state index contributed by atoms with van der Waals surface area (Å²) < 4.78 is 5.35. The predicted molar refractivity (Wildman–Crippen MR) is 102 cm³/mol. The number of nitro groups is 1. The third kappa shape index (κ3) is 3.38. The number of hydrogen-bond acceptors (Lipinski definition) is 5. The first kappa shape index (κ1) is 18.9. The number of carbonyl (C=O) groups is 2. The zero-order valence-corrected chi connectivity index (χ0v) is 16.3. The molecule has 1 N–H and O–H groups in total. The van der Waals surface area contributed by atoms with Crippen LogP contribution in [-0.4, -0.2) is 28.4 Å². The first-order valence-corrected chi connectivity index (χ1v) is 10.0. The molecule has 4 aliphatic rings. The van der Waals surface area contributed by atoms with Crippen molar-refractivity contribution in [3.8, 4) is 0 Å². The molecule has 1 aromatic rings. The minimum absolute atomic E-state index is 0.114. The number of benzene rings is 1. The second-order valence-electron chi connectivity index (χ2n) is 8.94. The molecule has 4 fully saturated rings. The van der Waals surface area contributed by atoms with Gasteiger partial charge in [-0.25, -0.2) is 4.79 Å². The monoisotopic (exact) mass is 386 g/mol. The number of rotatable bonds is 5. The van der Waals surface area contributed by atoms with Crippen molar-refractivity contribution in [2.45, 2.75) is 64.0 Å². The summed E-state index contributed by atoms with van der Waals surface area (Å²) in [4.78, 5) is 35.8. The van der Waals surface area contributed by atoms with Crippen LogP contribution in [0, 0.1) is 34.8 Å². The number of carbonyl (C=O) groups excluding carboxylic acids is 2. The molecule has 0 aliphatic heterocycles. The predicted octanol–water partition coefficient (Wildman–Crippen LogP) is 3.53. The molecule has 4 aliphatic carbocycles. The maximum absolute atomic E-state index is 12.8. The number of amides is 1. The van der Waals surface area contributed by atoms with Gasteiger partial charge in [0.1, 0.15) is 0 Å². The van der Waals surface area contributed by atoms with E-state index in [1.54, 1.807) is 6.92 Å². The molecular formula is C21H26N2O5. The molecule has 4 bridgehead atoms. The number of nitro benzene ring substituents is 1. The highest BCUT2D eigenvalue weighted by Crippen LogP contribution is 2.55. The normalized spacial score (nSPS) is 31.3. The zero-order valence-electron chi connectivity index (χ0n) is 16.3. The Morgan fingerprint density at radius 3 is 2.29 bits per heavy atom. The molecule has 5 rings (SSSR count). The lowest BCUT2D eigenvalue weighted by Gasteiger charge is -2.57. The van der Waals surface area contributed by atoms with Crippen LogP contribution in [0.3, 0.4) is 0 Å². The molecule has 7 nitrogen and oxygen atoms in total. The largest absolute Gasteiger partial charge is 0.449 e. The van der Waals surface area contributed by atoms with E-state index in [1.165, 1.54) is 44.4 Å². The van der Waals surface area contributed by atoms with E-state index < -0.39 is 17.0 Å². The van der Waals surface area contributed by atoms with E-state index >= 15 is 0 Å². The Morgan fingerprint density at radius 2 is 1.75 bits per heavy atom. The molecule has 0 spiro atoms. The molecule has 1 aromatic carbocycles. The summed E-state index contributed by atoms with van der Waals surface area (Å²) in [6.45, 7) is 3.06. The molecule has 0 heterocycles. The maximum atomic E-state index is 12.8. The van der Waals surface area contributed by atoms with Crippen molar-refractivity contribution < 1.29 is 19.2 Å². The van der Waals surface area contributed by atoms with Crippen LogP contribution in [0.5, 0.6) is 0 Å². The lowest BCUT2D eigenvalue weighted by molar-refractivity contribution is -0.385. The summed E-state index contributed by atoms with van der Waals surface area (Å²) in [7, 11) is 0. The molecule has 28 heavy (non-hydrogen) atoms. The van der Waals surface area contributed by atoms with E-state index in [1.807, 2.05) is 0 Å². The van der Waals surface area contributed by atoms with Gasteiger partial charge in [-0.3, -0.25) is 14.9 Å². The highest BCUT2D eigenvalue weighted by Gasteiger charge is 2.51. The molecule has 0 saturated heterocycles. The summed E-state index contributed by atoms with van der Waals surface area (Å²) in [5, 5.41) is 14.3. The lowest BCUT2D eigenvalue weighted by Crippen LogP contribution is -2.61. The highest BCUT2D eigenvalue weighted by atomic mass is 16.6. The van der Waals surface area contributed by atoms with Gasteiger partial charge in [-0.1, -0.05) is 6.07 Å². The van der Waals surface area contributed by atoms with Crippen LogP contribution in [0.15, 0.2) is 18.2 Å². The highest BCUT2D eigenvalue weighted by molar-refractivity contribution is 5.94. The van der Waals surface area contributed by atoms with Crippen molar-refractivity contribution in [1.29, 1.82) is 0 Å². The Balaban J connectivity index is 1.42. The average Bonchev–Trinajstić information content (AvgIpc) is 2.59. The Kier molecular flexibility index (Phi) is 4.63. The topological polar surface area (TPSA) is 98.5 Å². The smallest absolute Gasteiger partial charge is 0.339 e. The quantitative estimate of drug-likeness (QED) is 0.474. The molecule has 0 aromatic heterocycles. The van der Waals surface area contributed by atoms with Crippen molar-refractivity contribution in [2.24, 2.45) is 17.8 Å². The first-order valence-electron chi connectivity index (χ1n) is 10.0. The Bertz CT molecular complexity index is 799. The fourth-order valence-corrected chi connectivity index (χ4v) is 5.95. The molecule has 150 valence electrons. The molecule has 0 radical (unpaired) electrons. The molecule has 1 amide bonds. The zero-order chi connectivity index (χ0) is 20.1. The Morgan fingerprint density at radius 1 is 1.18 bits per heavy atom. The lowest BCUT2D eigenvalue weighted by atomic mass is 9.53. The summed E-state index contributed by atoms with van der Waals surface area (Å²) in [6, 6.07) is 4.27. The second kappa shape index (κ2) is 6.87.